The lowest BCUT2D eigenvalue weighted by atomic mass is 10.1. The van der Waals surface area contributed by atoms with Crippen molar-refractivity contribution in [1.29, 1.82) is 0 Å². The van der Waals surface area contributed by atoms with Crippen molar-refractivity contribution in [3.63, 3.8) is 0 Å². The smallest absolute Gasteiger partial charge is 0.0625 e. The van der Waals surface area contributed by atoms with E-state index in [2.05, 4.69) is 61.1 Å². The lowest BCUT2D eigenvalue weighted by Crippen LogP contribution is -2.37. The maximum Gasteiger partial charge on any atom is 0.0625 e. The summed E-state index contributed by atoms with van der Waals surface area (Å²) in [5, 5.41) is 11.6. The summed E-state index contributed by atoms with van der Waals surface area (Å²) in [5.74, 6) is 0. The average molecular weight is 266 g/mol. The van der Waals surface area contributed by atoms with Crippen molar-refractivity contribution < 1.29 is 0 Å². The molecule has 0 bridgehead atoms. The van der Waals surface area contributed by atoms with Gasteiger partial charge in [0, 0.05) is 18.6 Å². The second-order valence-corrected chi connectivity index (χ2v) is 6.00. The van der Waals surface area contributed by atoms with Gasteiger partial charge in [-0.1, -0.05) is 6.92 Å². The summed E-state index contributed by atoms with van der Waals surface area (Å²) in [6, 6.07) is 2.21. The van der Waals surface area contributed by atoms with Gasteiger partial charge in [0.1, 0.15) is 0 Å². The molecule has 2 N–H and O–H groups in total. The Kier molecular flexibility index (Phi) is 6.52. The molecule has 1 heterocycles. The topological polar surface area (TPSA) is 41.9 Å². The summed E-state index contributed by atoms with van der Waals surface area (Å²) in [5.41, 5.74) is 2.70. The molecule has 0 aromatic carbocycles. The predicted octanol–water partition coefficient (Wildman–Crippen LogP) is 2.33. The molecule has 4 heteroatoms. The molecule has 4 nitrogen and oxygen atoms in total. The number of rotatable bonds is 8. The number of hydrogen-bond donors (Lipinski definition) is 2. The van der Waals surface area contributed by atoms with Gasteiger partial charge >= 0.3 is 0 Å². The Morgan fingerprint density at radius 1 is 1.21 bits per heavy atom. The highest BCUT2D eigenvalue weighted by molar-refractivity contribution is 5.10. The fourth-order valence-electron chi connectivity index (χ4n) is 2.00. The molecule has 1 rings (SSSR count). The van der Waals surface area contributed by atoms with E-state index >= 15 is 0 Å². The van der Waals surface area contributed by atoms with Gasteiger partial charge in [-0.05, 0) is 59.7 Å². The predicted molar refractivity (Wildman–Crippen MR) is 81.4 cm³/mol. The van der Waals surface area contributed by atoms with Crippen LogP contribution in [0.4, 0.5) is 0 Å². The molecular formula is C15H30N4. The first-order chi connectivity index (χ1) is 8.96. The van der Waals surface area contributed by atoms with E-state index in [1.807, 2.05) is 0 Å². The molecule has 19 heavy (non-hydrogen) atoms. The second kappa shape index (κ2) is 7.65. The summed E-state index contributed by atoms with van der Waals surface area (Å²) in [6.07, 6.45) is 2.16. The zero-order valence-corrected chi connectivity index (χ0v) is 13.2. The van der Waals surface area contributed by atoms with Gasteiger partial charge < -0.3 is 10.6 Å². The molecule has 0 saturated carbocycles. The molecule has 0 radical (unpaired) electrons. The van der Waals surface area contributed by atoms with Crippen LogP contribution in [0.5, 0.6) is 0 Å². The minimum atomic E-state index is 0.219. The third kappa shape index (κ3) is 6.21. The van der Waals surface area contributed by atoms with E-state index in [1.54, 1.807) is 0 Å². The van der Waals surface area contributed by atoms with Crippen molar-refractivity contribution in [2.24, 2.45) is 0 Å². The Labute approximate surface area is 118 Å². The van der Waals surface area contributed by atoms with Gasteiger partial charge in [-0.2, -0.15) is 5.10 Å². The fourth-order valence-corrected chi connectivity index (χ4v) is 2.00. The van der Waals surface area contributed by atoms with E-state index in [9.17, 15) is 0 Å². The van der Waals surface area contributed by atoms with Gasteiger partial charge in [0.25, 0.3) is 0 Å². The first-order valence-corrected chi connectivity index (χ1v) is 7.47. The molecule has 1 aromatic heterocycles. The molecular weight excluding hydrogens is 236 g/mol. The summed E-state index contributed by atoms with van der Waals surface area (Å²) in [6.45, 7) is 14.9. The number of aryl methyl sites for hydroxylation is 2. The number of nitrogens with one attached hydrogen (secondary N) is 2. The Hall–Kier alpha value is -0.870. The van der Waals surface area contributed by atoms with Crippen molar-refractivity contribution in [3.05, 3.63) is 17.5 Å². The number of aromatic nitrogens is 2. The first-order valence-electron chi connectivity index (χ1n) is 7.47. The Bertz CT molecular complexity index is 363. The van der Waals surface area contributed by atoms with Crippen LogP contribution in [-0.4, -0.2) is 28.4 Å². The largest absolute Gasteiger partial charge is 0.312 e. The van der Waals surface area contributed by atoms with E-state index in [-0.39, 0.29) is 5.54 Å². The number of nitrogens with zero attached hydrogens (tertiary/aromatic N) is 2. The Morgan fingerprint density at radius 3 is 2.53 bits per heavy atom. The van der Waals surface area contributed by atoms with Crippen molar-refractivity contribution in [2.45, 2.75) is 66.1 Å². The molecule has 0 amide bonds. The van der Waals surface area contributed by atoms with Crippen molar-refractivity contribution in [2.75, 3.05) is 13.1 Å². The lowest BCUT2D eigenvalue weighted by molar-refractivity contribution is 0.417. The normalized spacial score (nSPS) is 12.1. The average Bonchev–Trinajstić information content (AvgIpc) is 2.74. The zero-order valence-electron chi connectivity index (χ0n) is 13.2. The van der Waals surface area contributed by atoms with E-state index in [0.29, 0.717) is 0 Å². The highest BCUT2D eigenvalue weighted by Crippen LogP contribution is 2.05. The second-order valence-electron chi connectivity index (χ2n) is 6.00. The van der Waals surface area contributed by atoms with Gasteiger partial charge in [-0.15, -0.1) is 0 Å². The highest BCUT2D eigenvalue weighted by atomic mass is 15.3. The summed E-state index contributed by atoms with van der Waals surface area (Å²) < 4.78 is 2.10. The van der Waals surface area contributed by atoms with Gasteiger partial charge in [-0.3, -0.25) is 4.68 Å². The molecule has 0 spiro atoms. The van der Waals surface area contributed by atoms with Gasteiger partial charge in [-0.25, -0.2) is 0 Å². The van der Waals surface area contributed by atoms with Crippen LogP contribution in [0, 0.1) is 0 Å². The van der Waals surface area contributed by atoms with Crippen LogP contribution in [0.15, 0.2) is 6.07 Å². The van der Waals surface area contributed by atoms with Crippen LogP contribution in [0.1, 0.15) is 52.4 Å². The molecule has 0 aliphatic carbocycles. The first kappa shape index (κ1) is 16.2. The third-order valence-electron chi connectivity index (χ3n) is 3.07. The molecule has 0 unspecified atom stereocenters. The zero-order chi connectivity index (χ0) is 14.3. The van der Waals surface area contributed by atoms with Crippen LogP contribution in [0.3, 0.4) is 0 Å². The summed E-state index contributed by atoms with van der Waals surface area (Å²) >= 11 is 0. The van der Waals surface area contributed by atoms with Crippen LogP contribution < -0.4 is 10.6 Å². The van der Waals surface area contributed by atoms with Crippen LogP contribution >= 0.6 is 0 Å². The molecule has 0 saturated heterocycles. The molecule has 110 valence electrons. The van der Waals surface area contributed by atoms with Gasteiger partial charge in [0.2, 0.25) is 0 Å². The van der Waals surface area contributed by atoms with Crippen molar-refractivity contribution >= 4 is 0 Å². The van der Waals surface area contributed by atoms with E-state index in [4.69, 9.17) is 0 Å². The summed E-state index contributed by atoms with van der Waals surface area (Å²) in [7, 11) is 0. The van der Waals surface area contributed by atoms with E-state index in [1.165, 1.54) is 11.4 Å². The van der Waals surface area contributed by atoms with Crippen LogP contribution in [-0.2, 0) is 19.5 Å². The van der Waals surface area contributed by atoms with Crippen LogP contribution in [0.25, 0.3) is 0 Å². The lowest BCUT2D eigenvalue weighted by Gasteiger charge is -2.20. The molecule has 0 fully saturated rings. The van der Waals surface area contributed by atoms with E-state index in [0.717, 1.165) is 39.0 Å². The maximum atomic E-state index is 4.56. The van der Waals surface area contributed by atoms with Gasteiger partial charge in [0.05, 0.1) is 11.4 Å². The number of hydrogen-bond acceptors (Lipinski definition) is 3. The van der Waals surface area contributed by atoms with Gasteiger partial charge in [0.15, 0.2) is 0 Å². The quantitative estimate of drug-likeness (QED) is 0.710. The summed E-state index contributed by atoms with van der Waals surface area (Å²) in [4.78, 5) is 0. The van der Waals surface area contributed by atoms with E-state index < -0.39 is 0 Å². The molecule has 0 aliphatic heterocycles. The minimum Gasteiger partial charge on any atom is -0.312 e. The minimum absolute atomic E-state index is 0.219. The molecule has 0 atom stereocenters. The molecule has 0 aliphatic rings. The van der Waals surface area contributed by atoms with Crippen molar-refractivity contribution in [3.8, 4) is 0 Å². The monoisotopic (exact) mass is 266 g/mol. The Morgan fingerprint density at radius 2 is 1.95 bits per heavy atom. The molecule has 1 aromatic rings. The fraction of sp³-hybridized carbons (Fsp3) is 0.800. The van der Waals surface area contributed by atoms with Crippen molar-refractivity contribution in [1.82, 2.24) is 20.4 Å². The standard InChI is InChI=1S/C15H30N4/c1-6-13-11-14(19(7-2)18-13)12-16-9-8-10-17-15(3,4)5/h11,16-17H,6-10,12H2,1-5H3. The SMILES string of the molecule is CCc1cc(CNCCCNC(C)(C)C)n(CC)n1. The maximum absolute atomic E-state index is 4.56. The highest BCUT2D eigenvalue weighted by Gasteiger charge is 2.07. The third-order valence-corrected chi connectivity index (χ3v) is 3.07. The Balaban J connectivity index is 2.24. The van der Waals surface area contributed by atoms with Crippen LogP contribution in [0.2, 0.25) is 0 Å².